The van der Waals surface area contributed by atoms with Gasteiger partial charge < -0.3 is 14.8 Å². The number of anilines is 1. The van der Waals surface area contributed by atoms with Crippen molar-refractivity contribution in [3.63, 3.8) is 0 Å². The molecule has 1 N–H and O–H groups in total. The van der Waals surface area contributed by atoms with Crippen LogP contribution in [0.1, 0.15) is 19.9 Å². The maximum atomic E-state index is 12.2. The van der Waals surface area contributed by atoms with Crippen molar-refractivity contribution in [1.82, 2.24) is 9.47 Å². The van der Waals surface area contributed by atoms with E-state index in [0.29, 0.717) is 12.6 Å². The number of nitrogens with one attached hydrogen (secondary N) is 1. The van der Waals surface area contributed by atoms with Crippen molar-refractivity contribution in [1.29, 1.82) is 0 Å². The van der Waals surface area contributed by atoms with E-state index in [4.69, 9.17) is 0 Å². The molecule has 0 bridgehead atoms. The maximum Gasteiger partial charge on any atom is 0.238 e. The summed E-state index contributed by atoms with van der Waals surface area (Å²) in [5.41, 5.74) is 3.24. The number of amides is 1. The number of carbonyl (C=O) groups is 1. The zero-order chi connectivity index (χ0) is 16.6. The Morgan fingerprint density at radius 1 is 1.09 bits per heavy atom. The van der Waals surface area contributed by atoms with Gasteiger partial charge in [-0.05, 0) is 46.1 Å². The van der Waals surface area contributed by atoms with Gasteiger partial charge in [0.2, 0.25) is 5.91 Å². The number of hydrogen-bond acceptors (Lipinski definition) is 2. The first-order valence-electron chi connectivity index (χ1n) is 7.95. The van der Waals surface area contributed by atoms with E-state index in [0.717, 1.165) is 16.6 Å². The second-order valence-corrected chi connectivity index (χ2v) is 6.47. The first kappa shape index (κ1) is 15.6. The number of aromatic nitrogens is 1. The molecule has 3 aromatic rings. The molecule has 0 atom stereocenters. The van der Waals surface area contributed by atoms with Crippen LogP contribution in [0.5, 0.6) is 0 Å². The van der Waals surface area contributed by atoms with Crippen LogP contribution in [0.25, 0.3) is 21.8 Å². The van der Waals surface area contributed by atoms with Crippen LogP contribution >= 0.6 is 0 Å². The lowest BCUT2D eigenvalue weighted by atomic mass is 10.1. The van der Waals surface area contributed by atoms with E-state index in [2.05, 4.69) is 48.0 Å². The lowest BCUT2D eigenvalue weighted by Gasteiger charge is -2.13. The van der Waals surface area contributed by atoms with Gasteiger partial charge in [0, 0.05) is 22.3 Å². The highest BCUT2D eigenvalue weighted by Crippen LogP contribution is 2.36. The van der Waals surface area contributed by atoms with Gasteiger partial charge >= 0.3 is 0 Å². The smallest absolute Gasteiger partial charge is 0.238 e. The van der Waals surface area contributed by atoms with Gasteiger partial charge in [-0.2, -0.15) is 0 Å². The molecule has 2 aromatic carbocycles. The van der Waals surface area contributed by atoms with E-state index in [1.165, 1.54) is 10.9 Å². The number of benzene rings is 2. The molecule has 0 unspecified atom stereocenters. The van der Waals surface area contributed by atoms with E-state index in [9.17, 15) is 4.79 Å². The molecule has 0 aliphatic carbocycles. The van der Waals surface area contributed by atoms with Crippen molar-refractivity contribution in [3.8, 4) is 0 Å². The van der Waals surface area contributed by atoms with Crippen LogP contribution in [0, 0.1) is 0 Å². The molecule has 1 heterocycles. The number of rotatable bonds is 4. The zero-order valence-corrected chi connectivity index (χ0v) is 14.1. The molecule has 0 aliphatic heterocycles. The summed E-state index contributed by atoms with van der Waals surface area (Å²) in [6.07, 6.45) is 0. The predicted molar refractivity (Wildman–Crippen MR) is 97.0 cm³/mol. The van der Waals surface area contributed by atoms with E-state index >= 15 is 0 Å². The fraction of sp³-hybridized carbons (Fsp3) is 0.316. The normalized spacial score (nSPS) is 11.7. The third kappa shape index (κ3) is 2.82. The van der Waals surface area contributed by atoms with E-state index in [1.807, 2.05) is 37.2 Å². The summed E-state index contributed by atoms with van der Waals surface area (Å²) in [7, 11) is 3.79. The standard InChI is InChI=1S/C19H23N3O/c1-13(2)22-16-10-6-5-8-14(16)19-15(9-7-11-17(19)22)20-18(23)12-21(3)4/h5-11,13H,12H2,1-4H3,(H,20,23). The third-order valence-corrected chi connectivity index (χ3v) is 3.99. The Bertz CT molecular complexity index is 862. The van der Waals surface area contributed by atoms with Crippen molar-refractivity contribution >= 4 is 33.4 Å². The molecule has 23 heavy (non-hydrogen) atoms. The molecule has 0 radical (unpaired) electrons. The first-order valence-corrected chi connectivity index (χ1v) is 7.95. The number of fused-ring (bicyclic) bond motifs is 3. The largest absolute Gasteiger partial charge is 0.338 e. The van der Waals surface area contributed by atoms with E-state index < -0.39 is 0 Å². The molecule has 0 spiro atoms. The number of likely N-dealkylation sites (N-methyl/N-ethyl adjacent to an activating group) is 1. The first-order chi connectivity index (χ1) is 11.0. The summed E-state index contributed by atoms with van der Waals surface area (Å²) < 4.78 is 2.33. The summed E-state index contributed by atoms with van der Waals surface area (Å²) in [4.78, 5) is 14.1. The number of hydrogen-bond donors (Lipinski definition) is 1. The quantitative estimate of drug-likeness (QED) is 0.794. The lowest BCUT2D eigenvalue weighted by Crippen LogP contribution is -2.27. The Labute approximate surface area is 136 Å². The minimum Gasteiger partial charge on any atom is -0.338 e. The monoisotopic (exact) mass is 309 g/mol. The molecule has 4 heteroatoms. The molecular weight excluding hydrogens is 286 g/mol. The Balaban J connectivity index is 2.21. The van der Waals surface area contributed by atoms with Gasteiger partial charge in [0.1, 0.15) is 0 Å². The minimum atomic E-state index is 0.00359. The van der Waals surface area contributed by atoms with Crippen LogP contribution in [0.3, 0.4) is 0 Å². The summed E-state index contributed by atoms with van der Waals surface area (Å²) in [6, 6.07) is 14.8. The van der Waals surface area contributed by atoms with Crippen molar-refractivity contribution in [2.24, 2.45) is 0 Å². The third-order valence-electron chi connectivity index (χ3n) is 3.99. The highest BCUT2D eigenvalue weighted by atomic mass is 16.2. The highest BCUT2D eigenvalue weighted by molar-refractivity contribution is 6.16. The van der Waals surface area contributed by atoms with Crippen molar-refractivity contribution in [2.45, 2.75) is 19.9 Å². The molecule has 0 saturated carbocycles. The number of carbonyl (C=O) groups excluding carboxylic acids is 1. The zero-order valence-electron chi connectivity index (χ0n) is 14.1. The van der Waals surface area contributed by atoms with Crippen LogP contribution < -0.4 is 5.32 Å². The van der Waals surface area contributed by atoms with E-state index in [1.54, 1.807) is 0 Å². The van der Waals surface area contributed by atoms with Gasteiger partial charge in [-0.3, -0.25) is 4.79 Å². The lowest BCUT2D eigenvalue weighted by molar-refractivity contribution is -0.116. The Morgan fingerprint density at radius 3 is 2.48 bits per heavy atom. The van der Waals surface area contributed by atoms with Crippen LogP contribution in [0.15, 0.2) is 42.5 Å². The molecule has 0 aliphatic rings. The van der Waals surface area contributed by atoms with Crippen LogP contribution in [0.2, 0.25) is 0 Å². The second kappa shape index (κ2) is 6.05. The van der Waals surface area contributed by atoms with Gasteiger partial charge in [-0.25, -0.2) is 0 Å². The highest BCUT2D eigenvalue weighted by Gasteiger charge is 2.16. The van der Waals surface area contributed by atoms with E-state index in [-0.39, 0.29) is 5.91 Å². The Kier molecular flexibility index (Phi) is 4.09. The summed E-state index contributed by atoms with van der Waals surface area (Å²) in [5.74, 6) is 0.00359. The van der Waals surface area contributed by atoms with Gasteiger partial charge in [-0.15, -0.1) is 0 Å². The predicted octanol–water partition coefficient (Wildman–Crippen LogP) is 3.88. The average Bonchev–Trinajstić information content (AvgIpc) is 2.81. The average molecular weight is 309 g/mol. The van der Waals surface area contributed by atoms with Gasteiger partial charge in [0.15, 0.2) is 0 Å². The summed E-state index contributed by atoms with van der Waals surface area (Å²) >= 11 is 0. The molecule has 4 nitrogen and oxygen atoms in total. The molecular formula is C19H23N3O. The molecule has 0 fully saturated rings. The summed E-state index contributed by atoms with van der Waals surface area (Å²) in [5, 5.41) is 5.36. The van der Waals surface area contributed by atoms with Gasteiger partial charge in [0.25, 0.3) is 0 Å². The van der Waals surface area contributed by atoms with Gasteiger partial charge in [-0.1, -0.05) is 24.3 Å². The topological polar surface area (TPSA) is 37.3 Å². The fourth-order valence-electron chi connectivity index (χ4n) is 3.19. The Hall–Kier alpha value is -2.33. The van der Waals surface area contributed by atoms with Crippen molar-refractivity contribution < 1.29 is 4.79 Å². The van der Waals surface area contributed by atoms with Crippen LogP contribution in [0.4, 0.5) is 5.69 Å². The molecule has 3 rings (SSSR count). The molecule has 120 valence electrons. The van der Waals surface area contributed by atoms with Crippen molar-refractivity contribution in [2.75, 3.05) is 26.0 Å². The summed E-state index contributed by atoms with van der Waals surface area (Å²) in [6.45, 7) is 4.74. The molecule has 1 amide bonds. The minimum absolute atomic E-state index is 0.00359. The second-order valence-electron chi connectivity index (χ2n) is 6.47. The molecule has 0 saturated heterocycles. The van der Waals surface area contributed by atoms with Crippen LogP contribution in [-0.4, -0.2) is 36.0 Å². The Morgan fingerprint density at radius 2 is 1.78 bits per heavy atom. The van der Waals surface area contributed by atoms with Crippen molar-refractivity contribution in [3.05, 3.63) is 42.5 Å². The van der Waals surface area contributed by atoms with Crippen LogP contribution in [-0.2, 0) is 4.79 Å². The fourth-order valence-corrected chi connectivity index (χ4v) is 3.19. The maximum absolute atomic E-state index is 12.2. The number of nitrogens with zero attached hydrogens (tertiary/aromatic N) is 2. The SMILES string of the molecule is CC(C)n1c2ccccc2c2c(NC(=O)CN(C)C)cccc21. The van der Waals surface area contributed by atoms with Gasteiger partial charge in [0.05, 0.1) is 17.7 Å². The molecule has 1 aromatic heterocycles. The number of para-hydroxylation sites is 1.